The first kappa shape index (κ1) is 12.9. The standard InChI is InChI=1S/C15H10N2O4/c18-13-9-6-5-8(15(20)21)7-10(9)14(19)17-12-4-2-1-3-11(12)16-13/h1-7H,(H,16,18)(H,17,19)(H,20,21)/p-1. The molecule has 21 heavy (non-hydrogen) atoms. The molecule has 0 saturated heterocycles. The van der Waals surface area contributed by atoms with E-state index in [1.165, 1.54) is 12.1 Å². The summed E-state index contributed by atoms with van der Waals surface area (Å²) in [4.78, 5) is 35.3. The van der Waals surface area contributed by atoms with Gasteiger partial charge >= 0.3 is 0 Å². The van der Waals surface area contributed by atoms with Crippen LogP contribution >= 0.6 is 0 Å². The third-order valence-electron chi connectivity index (χ3n) is 3.17. The molecule has 2 aromatic carbocycles. The van der Waals surface area contributed by atoms with Gasteiger partial charge in [-0.1, -0.05) is 18.2 Å². The second-order valence-electron chi connectivity index (χ2n) is 4.50. The highest BCUT2D eigenvalue weighted by Crippen LogP contribution is 2.26. The van der Waals surface area contributed by atoms with Crippen LogP contribution in [0.3, 0.4) is 0 Å². The molecule has 1 heterocycles. The number of carboxylic acid groups (broad SMARTS) is 1. The molecule has 6 heteroatoms. The molecule has 3 rings (SSSR count). The fraction of sp³-hybridized carbons (Fsp3) is 0. The first-order valence-electron chi connectivity index (χ1n) is 6.13. The molecule has 0 spiro atoms. The van der Waals surface area contributed by atoms with Crippen LogP contribution in [0.15, 0.2) is 42.5 Å². The lowest BCUT2D eigenvalue weighted by Crippen LogP contribution is -2.27. The number of hydrogen-bond donors (Lipinski definition) is 2. The van der Waals surface area contributed by atoms with Crippen LogP contribution in [0.2, 0.25) is 0 Å². The maximum atomic E-state index is 12.2. The summed E-state index contributed by atoms with van der Waals surface area (Å²) < 4.78 is 0. The second kappa shape index (κ2) is 4.75. The van der Waals surface area contributed by atoms with Crippen LogP contribution in [0, 0.1) is 0 Å². The molecule has 0 atom stereocenters. The lowest BCUT2D eigenvalue weighted by atomic mass is 10.0. The van der Waals surface area contributed by atoms with Crippen LogP contribution in [0.5, 0.6) is 0 Å². The van der Waals surface area contributed by atoms with Gasteiger partial charge in [-0.05, 0) is 29.8 Å². The number of hydrogen-bond acceptors (Lipinski definition) is 4. The molecule has 0 aliphatic carbocycles. The van der Waals surface area contributed by atoms with Gasteiger partial charge in [0, 0.05) is 0 Å². The summed E-state index contributed by atoms with van der Waals surface area (Å²) >= 11 is 0. The highest BCUT2D eigenvalue weighted by Gasteiger charge is 2.22. The zero-order chi connectivity index (χ0) is 15.0. The smallest absolute Gasteiger partial charge is 0.256 e. The molecule has 0 bridgehead atoms. The van der Waals surface area contributed by atoms with E-state index in [9.17, 15) is 19.5 Å². The molecule has 0 saturated carbocycles. The normalized spacial score (nSPS) is 13.1. The predicted octanol–water partition coefficient (Wildman–Crippen LogP) is 0.868. The Morgan fingerprint density at radius 1 is 0.857 bits per heavy atom. The number of nitrogens with one attached hydrogen (secondary N) is 2. The van der Waals surface area contributed by atoms with E-state index in [4.69, 9.17) is 0 Å². The molecule has 0 aromatic heterocycles. The number of carbonyl (C=O) groups excluding carboxylic acids is 3. The van der Waals surface area contributed by atoms with Gasteiger partial charge in [-0.25, -0.2) is 0 Å². The van der Waals surface area contributed by atoms with Gasteiger partial charge in [-0.3, -0.25) is 9.59 Å². The van der Waals surface area contributed by atoms with E-state index in [1.807, 2.05) is 0 Å². The largest absolute Gasteiger partial charge is 0.545 e. The number of anilines is 2. The summed E-state index contributed by atoms with van der Waals surface area (Å²) in [6, 6.07) is 10.4. The van der Waals surface area contributed by atoms with Crippen LogP contribution in [-0.4, -0.2) is 17.8 Å². The third kappa shape index (κ3) is 2.23. The number of rotatable bonds is 1. The fourth-order valence-corrected chi connectivity index (χ4v) is 2.14. The van der Waals surface area contributed by atoms with Crippen LogP contribution in [0.1, 0.15) is 31.1 Å². The average Bonchev–Trinajstić information content (AvgIpc) is 2.47. The van der Waals surface area contributed by atoms with Crippen molar-refractivity contribution in [2.45, 2.75) is 0 Å². The second-order valence-corrected chi connectivity index (χ2v) is 4.50. The Labute approximate surface area is 119 Å². The zero-order valence-corrected chi connectivity index (χ0v) is 10.7. The summed E-state index contributed by atoms with van der Waals surface area (Å²) in [5, 5.41) is 16.2. The van der Waals surface area contributed by atoms with Gasteiger partial charge in [-0.2, -0.15) is 0 Å². The number of carboxylic acids is 1. The SMILES string of the molecule is O=C([O-])c1ccc2c(c1)C(=O)Nc1ccccc1NC2=O. The summed E-state index contributed by atoms with van der Waals surface area (Å²) in [5.74, 6) is -2.43. The van der Waals surface area contributed by atoms with E-state index in [-0.39, 0.29) is 16.7 Å². The first-order valence-corrected chi connectivity index (χ1v) is 6.13. The number of para-hydroxylation sites is 2. The number of benzene rings is 2. The Hall–Kier alpha value is -3.15. The molecule has 2 aromatic rings. The van der Waals surface area contributed by atoms with Gasteiger partial charge in [0.1, 0.15) is 0 Å². The first-order chi connectivity index (χ1) is 10.1. The van der Waals surface area contributed by atoms with Crippen LogP contribution < -0.4 is 15.7 Å². The molecule has 104 valence electrons. The summed E-state index contributed by atoms with van der Waals surface area (Å²) in [6.45, 7) is 0. The molecule has 0 fully saturated rings. The van der Waals surface area contributed by atoms with Gasteiger partial charge in [0.25, 0.3) is 11.8 Å². The van der Waals surface area contributed by atoms with Crippen molar-refractivity contribution < 1.29 is 19.5 Å². The third-order valence-corrected chi connectivity index (χ3v) is 3.17. The maximum Gasteiger partial charge on any atom is 0.256 e. The number of amides is 2. The predicted molar refractivity (Wildman–Crippen MR) is 73.1 cm³/mol. The minimum atomic E-state index is -1.41. The molecule has 0 radical (unpaired) electrons. The van der Waals surface area contributed by atoms with Crippen molar-refractivity contribution in [3.8, 4) is 0 Å². The van der Waals surface area contributed by atoms with Gasteiger partial charge in [0.05, 0.1) is 28.5 Å². The average molecular weight is 281 g/mol. The molecule has 1 aliphatic heterocycles. The van der Waals surface area contributed by atoms with Crippen molar-refractivity contribution >= 4 is 29.2 Å². The van der Waals surface area contributed by atoms with Gasteiger partial charge < -0.3 is 20.5 Å². The topological polar surface area (TPSA) is 98.3 Å². The molecule has 2 N–H and O–H groups in total. The van der Waals surface area contributed by atoms with Crippen molar-refractivity contribution in [3.05, 3.63) is 59.2 Å². The van der Waals surface area contributed by atoms with E-state index in [0.29, 0.717) is 11.4 Å². The number of carbonyl (C=O) groups is 3. The Bertz CT molecular complexity index is 783. The Kier molecular flexibility index (Phi) is 2.91. The number of fused-ring (bicyclic) bond motifs is 2. The van der Waals surface area contributed by atoms with E-state index in [2.05, 4.69) is 10.6 Å². The van der Waals surface area contributed by atoms with E-state index in [1.54, 1.807) is 24.3 Å². The molecule has 6 nitrogen and oxygen atoms in total. The highest BCUT2D eigenvalue weighted by molar-refractivity contribution is 6.19. The highest BCUT2D eigenvalue weighted by atomic mass is 16.4. The van der Waals surface area contributed by atoms with Crippen LogP contribution in [0.4, 0.5) is 11.4 Å². The lowest BCUT2D eigenvalue weighted by molar-refractivity contribution is -0.255. The molecule has 1 aliphatic rings. The summed E-state index contributed by atoms with van der Waals surface area (Å²) in [5.41, 5.74) is 0.854. The van der Waals surface area contributed by atoms with Crippen LogP contribution in [0.25, 0.3) is 0 Å². The lowest BCUT2D eigenvalue weighted by Gasteiger charge is -2.18. The van der Waals surface area contributed by atoms with Gasteiger partial charge in [0.15, 0.2) is 0 Å². The molecular formula is C15H9N2O4-. The Morgan fingerprint density at radius 2 is 1.43 bits per heavy atom. The Morgan fingerprint density at radius 3 is 2.00 bits per heavy atom. The summed E-state index contributed by atoms with van der Waals surface area (Å²) in [7, 11) is 0. The number of aromatic carboxylic acids is 1. The van der Waals surface area contributed by atoms with Crippen molar-refractivity contribution in [1.29, 1.82) is 0 Å². The van der Waals surface area contributed by atoms with E-state index in [0.717, 1.165) is 6.07 Å². The minimum absolute atomic E-state index is 0.0105. The maximum absolute atomic E-state index is 12.2. The minimum Gasteiger partial charge on any atom is -0.545 e. The quantitative estimate of drug-likeness (QED) is 0.810. The van der Waals surface area contributed by atoms with E-state index < -0.39 is 17.8 Å². The monoisotopic (exact) mass is 281 g/mol. The fourth-order valence-electron chi connectivity index (χ4n) is 2.14. The van der Waals surface area contributed by atoms with Gasteiger partial charge in [0.2, 0.25) is 0 Å². The van der Waals surface area contributed by atoms with Crippen LogP contribution in [-0.2, 0) is 0 Å². The van der Waals surface area contributed by atoms with E-state index >= 15 is 0 Å². The zero-order valence-electron chi connectivity index (χ0n) is 10.7. The van der Waals surface area contributed by atoms with Crippen molar-refractivity contribution in [2.24, 2.45) is 0 Å². The molecule has 0 unspecified atom stereocenters. The van der Waals surface area contributed by atoms with Crippen molar-refractivity contribution in [1.82, 2.24) is 0 Å². The van der Waals surface area contributed by atoms with Crippen molar-refractivity contribution in [3.63, 3.8) is 0 Å². The Balaban J connectivity index is 2.14. The molecule has 2 amide bonds. The van der Waals surface area contributed by atoms with Crippen molar-refractivity contribution in [2.75, 3.05) is 10.6 Å². The molecular weight excluding hydrogens is 272 g/mol. The van der Waals surface area contributed by atoms with Gasteiger partial charge in [-0.15, -0.1) is 0 Å². The summed E-state index contributed by atoms with van der Waals surface area (Å²) in [6.07, 6.45) is 0.